The van der Waals surface area contributed by atoms with Crippen LogP contribution in [0, 0.1) is 0 Å². The summed E-state index contributed by atoms with van der Waals surface area (Å²) in [5.74, 6) is 1.96. The van der Waals surface area contributed by atoms with E-state index >= 15 is 0 Å². The molecule has 1 aliphatic heterocycles. The molecule has 0 bridgehead atoms. The van der Waals surface area contributed by atoms with E-state index in [2.05, 4.69) is 40.3 Å². The minimum absolute atomic E-state index is 0.667. The Morgan fingerprint density at radius 3 is 3.00 bits per heavy atom. The van der Waals surface area contributed by atoms with Gasteiger partial charge < -0.3 is 15.1 Å². The van der Waals surface area contributed by atoms with Crippen LogP contribution in [-0.2, 0) is 0 Å². The van der Waals surface area contributed by atoms with Gasteiger partial charge in [0.1, 0.15) is 11.6 Å². The number of hydrogen-bond acceptors (Lipinski definition) is 4. The second-order valence-corrected chi connectivity index (χ2v) is 4.79. The Morgan fingerprint density at radius 1 is 1.53 bits per heavy atom. The van der Waals surface area contributed by atoms with Crippen LogP contribution in [0.15, 0.2) is 18.2 Å². The largest absolute Gasteiger partial charge is 0.373 e. The normalized spacial score (nSPS) is 20.5. The summed E-state index contributed by atoms with van der Waals surface area (Å²) >= 11 is 0. The molecule has 1 fully saturated rings. The molecule has 2 heterocycles. The van der Waals surface area contributed by atoms with E-state index in [1.165, 1.54) is 19.4 Å². The maximum Gasteiger partial charge on any atom is 0.130 e. The van der Waals surface area contributed by atoms with Crippen molar-refractivity contribution >= 4 is 11.6 Å². The number of hydrogen-bond donors (Lipinski definition) is 1. The highest BCUT2D eigenvalue weighted by molar-refractivity contribution is 5.46. The summed E-state index contributed by atoms with van der Waals surface area (Å²) in [7, 11) is 6.23. The van der Waals surface area contributed by atoms with E-state index in [9.17, 15) is 0 Å². The Morgan fingerprint density at radius 2 is 2.35 bits per heavy atom. The lowest BCUT2D eigenvalue weighted by Gasteiger charge is -2.26. The number of pyridine rings is 1. The molecule has 1 aromatic heterocycles. The van der Waals surface area contributed by atoms with Crippen LogP contribution in [0.3, 0.4) is 0 Å². The van der Waals surface area contributed by atoms with E-state index < -0.39 is 0 Å². The number of nitrogens with one attached hydrogen (secondary N) is 1. The van der Waals surface area contributed by atoms with E-state index in [0.717, 1.165) is 18.2 Å². The van der Waals surface area contributed by atoms with Crippen molar-refractivity contribution in [2.24, 2.45) is 0 Å². The Hall–Kier alpha value is -1.29. The second kappa shape index (κ2) is 5.36. The van der Waals surface area contributed by atoms with Crippen molar-refractivity contribution in [2.75, 3.05) is 44.4 Å². The quantitative estimate of drug-likeness (QED) is 0.858. The smallest absolute Gasteiger partial charge is 0.130 e. The summed E-state index contributed by atoms with van der Waals surface area (Å²) in [5, 5.41) is 3.08. The van der Waals surface area contributed by atoms with E-state index in [4.69, 9.17) is 0 Å². The van der Waals surface area contributed by atoms with Gasteiger partial charge in [0, 0.05) is 26.7 Å². The van der Waals surface area contributed by atoms with Gasteiger partial charge >= 0.3 is 0 Å². The first-order chi connectivity index (χ1) is 8.20. The summed E-state index contributed by atoms with van der Waals surface area (Å²) in [4.78, 5) is 9.24. The first-order valence-electron chi connectivity index (χ1n) is 6.27. The van der Waals surface area contributed by atoms with Gasteiger partial charge in [-0.05, 0) is 38.6 Å². The first-order valence-corrected chi connectivity index (χ1v) is 6.27. The summed E-state index contributed by atoms with van der Waals surface area (Å²) in [5.41, 5.74) is 0. The molecule has 0 saturated carbocycles. The third kappa shape index (κ3) is 2.88. The van der Waals surface area contributed by atoms with Gasteiger partial charge in [-0.3, -0.25) is 0 Å². The molecule has 4 nitrogen and oxygen atoms in total. The Balaban J connectivity index is 2.00. The van der Waals surface area contributed by atoms with Gasteiger partial charge in [0.15, 0.2) is 0 Å². The van der Waals surface area contributed by atoms with E-state index in [0.29, 0.717) is 6.04 Å². The molecular formula is C13H22N4. The monoisotopic (exact) mass is 234 g/mol. The standard InChI is InChI=1S/C13H22N4/c1-14-12-7-4-8-13(15-12)17(3)10-11-6-5-9-16(11)2/h4,7-8,11H,5-6,9-10H2,1-3H3,(H,14,15). The summed E-state index contributed by atoms with van der Waals surface area (Å²) < 4.78 is 0. The van der Waals surface area contributed by atoms with Gasteiger partial charge in [-0.15, -0.1) is 0 Å². The highest BCUT2D eigenvalue weighted by Crippen LogP contribution is 2.19. The molecule has 1 saturated heterocycles. The van der Waals surface area contributed by atoms with Crippen molar-refractivity contribution in [2.45, 2.75) is 18.9 Å². The molecule has 1 aromatic rings. The Kier molecular flexibility index (Phi) is 3.84. The Bertz CT molecular complexity index is 366. The fourth-order valence-electron chi connectivity index (χ4n) is 2.39. The second-order valence-electron chi connectivity index (χ2n) is 4.79. The number of nitrogens with zero attached hydrogens (tertiary/aromatic N) is 3. The zero-order valence-electron chi connectivity index (χ0n) is 11.0. The fraction of sp³-hybridized carbons (Fsp3) is 0.615. The maximum absolute atomic E-state index is 4.55. The van der Waals surface area contributed by atoms with Gasteiger partial charge in [0.05, 0.1) is 0 Å². The molecule has 1 aliphatic rings. The molecule has 0 spiro atoms. The van der Waals surface area contributed by atoms with Crippen LogP contribution >= 0.6 is 0 Å². The fourth-order valence-corrected chi connectivity index (χ4v) is 2.39. The number of aromatic nitrogens is 1. The number of rotatable bonds is 4. The summed E-state index contributed by atoms with van der Waals surface area (Å²) in [6, 6.07) is 6.76. The molecule has 0 aromatic carbocycles. The van der Waals surface area contributed by atoms with Crippen LogP contribution in [0.1, 0.15) is 12.8 Å². The van der Waals surface area contributed by atoms with Gasteiger partial charge in [-0.2, -0.15) is 0 Å². The molecule has 4 heteroatoms. The molecule has 17 heavy (non-hydrogen) atoms. The van der Waals surface area contributed by atoms with Crippen LogP contribution < -0.4 is 10.2 Å². The summed E-state index contributed by atoms with van der Waals surface area (Å²) in [6.07, 6.45) is 2.62. The average molecular weight is 234 g/mol. The van der Waals surface area contributed by atoms with E-state index in [1.54, 1.807) is 0 Å². The number of anilines is 2. The molecule has 1 N–H and O–H groups in total. The molecule has 0 aliphatic carbocycles. The van der Waals surface area contributed by atoms with E-state index in [-0.39, 0.29) is 0 Å². The first kappa shape index (κ1) is 12.2. The van der Waals surface area contributed by atoms with Gasteiger partial charge in [-0.1, -0.05) is 6.07 Å². The van der Waals surface area contributed by atoms with Crippen LogP contribution in [-0.4, -0.2) is 50.2 Å². The van der Waals surface area contributed by atoms with Gasteiger partial charge in [0.25, 0.3) is 0 Å². The predicted molar refractivity (Wildman–Crippen MR) is 72.7 cm³/mol. The molecule has 2 rings (SSSR count). The SMILES string of the molecule is CNc1cccc(N(C)CC2CCCN2C)n1. The highest BCUT2D eigenvalue weighted by atomic mass is 15.2. The lowest BCUT2D eigenvalue weighted by Crippen LogP contribution is -2.36. The zero-order valence-corrected chi connectivity index (χ0v) is 11.0. The van der Waals surface area contributed by atoms with Crippen molar-refractivity contribution in [1.29, 1.82) is 0 Å². The average Bonchev–Trinajstić information content (AvgIpc) is 2.75. The number of likely N-dealkylation sites (N-methyl/N-ethyl adjacent to an activating group) is 2. The zero-order chi connectivity index (χ0) is 12.3. The van der Waals surface area contributed by atoms with Crippen molar-refractivity contribution in [3.63, 3.8) is 0 Å². The Labute approximate surface area is 104 Å². The molecule has 94 valence electrons. The molecule has 0 radical (unpaired) electrons. The van der Waals surface area contributed by atoms with Crippen LogP contribution in [0.2, 0.25) is 0 Å². The molecule has 1 atom stereocenters. The predicted octanol–water partition coefficient (Wildman–Crippen LogP) is 1.65. The highest BCUT2D eigenvalue weighted by Gasteiger charge is 2.22. The van der Waals surface area contributed by atoms with Gasteiger partial charge in [0.2, 0.25) is 0 Å². The minimum atomic E-state index is 0.667. The van der Waals surface area contributed by atoms with Crippen LogP contribution in [0.4, 0.5) is 11.6 Å². The minimum Gasteiger partial charge on any atom is -0.373 e. The maximum atomic E-state index is 4.55. The molecular weight excluding hydrogens is 212 g/mol. The summed E-state index contributed by atoms with van der Waals surface area (Å²) in [6.45, 7) is 2.28. The van der Waals surface area contributed by atoms with Crippen molar-refractivity contribution in [1.82, 2.24) is 9.88 Å². The van der Waals surface area contributed by atoms with Crippen LogP contribution in [0.5, 0.6) is 0 Å². The third-order valence-corrected chi connectivity index (χ3v) is 3.54. The van der Waals surface area contributed by atoms with Crippen LogP contribution in [0.25, 0.3) is 0 Å². The lowest BCUT2D eigenvalue weighted by atomic mass is 10.2. The van der Waals surface area contributed by atoms with Crippen molar-refractivity contribution in [3.8, 4) is 0 Å². The van der Waals surface area contributed by atoms with E-state index in [1.807, 2.05) is 19.2 Å². The molecule has 0 amide bonds. The number of likely N-dealkylation sites (tertiary alicyclic amines) is 1. The topological polar surface area (TPSA) is 31.4 Å². The van der Waals surface area contributed by atoms with Crippen molar-refractivity contribution < 1.29 is 0 Å². The van der Waals surface area contributed by atoms with Crippen molar-refractivity contribution in [3.05, 3.63) is 18.2 Å². The molecule has 1 unspecified atom stereocenters. The lowest BCUT2D eigenvalue weighted by molar-refractivity contribution is 0.314. The van der Waals surface area contributed by atoms with Gasteiger partial charge in [-0.25, -0.2) is 4.98 Å². The third-order valence-electron chi connectivity index (χ3n) is 3.54.